The first-order valence-corrected chi connectivity index (χ1v) is 8.17. The summed E-state index contributed by atoms with van der Waals surface area (Å²) < 4.78 is 0. The highest BCUT2D eigenvalue weighted by Crippen LogP contribution is 2.46. The summed E-state index contributed by atoms with van der Waals surface area (Å²) in [5, 5.41) is 0.832. The van der Waals surface area contributed by atoms with Gasteiger partial charge in [0.25, 0.3) is 0 Å². The summed E-state index contributed by atoms with van der Waals surface area (Å²) >= 11 is 6.10. The van der Waals surface area contributed by atoms with Crippen LogP contribution < -0.4 is 5.73 Å². The van der Waals surface area contributed by atoms with Crippen LogP contribution in [-0.4, -0.2) is 6.54 Å². The van der Waals surface area contributed by atoms with Gasteiger partial charge in [0.05, 0.1) is 0 Å². The first-order valence-electron chi connectivity index (χ1n) is 7.79. The molecule has 2 heteroatoms. The number of benzene rings is 1. The molecule has 0 heterocycles. The number of hydrogen-bond acceptors (Lipinski definition) is 1. The number of nitrogens with two attached hydrogens (primary N) is 1. The van der Waals surface area contributed by atoms with Gasteiger partial charge in [-0.05, 0) is 73.1 Å². The molecule has 1 saturated carbocycles. The second-order valence-electron chi connectivity index (χ2n) is 7.65. The van der Waals surface area contributed by atoms with Gasteiger partial charge in [0.1, 0.15) is 0 Å². The predicted octanol–water partition coefficient (Wildman–Crippen LogP) is 5.06. The first kappa shape index (κ1) is 15.9. The number of halogens is 1. The third-order valence-electron chi connectivity index (χ3n) is 5.17. The monoisotopic (exact) mass is 293 g/mol. The van der Waals surface area contributed by atoms with Gasteiger partial charge in [-0.15, -0.1) is 0 Å². The Morgan fingerprint density at radius 2 is 1.90 bits per heavy atom. The SMILES string of the molecule is CC(C)(C)C1CCC(CN)(Cc2cccc(Cl)c2)CC1. The van der Waals surface area contributed by atoms with Crippen molar-refractivity contribution < 1.29 is 0 Å². The molecule has 0 bridgehead atoms. The van der Waals surface area contributed by atoms with Crippen molar-refractivity contribution in [3.8, 4) is 0 Å². The summed E-state index contributed by atoms with van der Waals surface area (Å²) in [5.41, 5.74) is 8.19. The standard InChI is InChI=1S/C18H28ClN/c1-17(2,3)15-7-9-18(13-20,10-8-15)12-14-5-4-6-16(19)11-14/h4-6,11,15H,7-10,12-13,20H2,1-3H3. The Morgan fingerprint density at radius 1 is 1.25 bits per heavy atom. The second-order valence-corrected chi connectivity index (χ2v) is 8.09. The maximum absolute atomic E-state index is 6.15. The van der Waals surface area contributed by atoms with E-state index in [0.29, 0.717) is 5.41 Å². The van der Waals surface area contributed by atoms with Crippen molar-refractivity contribution in [2.45, 2.75) is 52.9 Å². The average Bonchev–Trinajstić information content (AvgIpc) is 2.38. The van der Waals surface area contributed by atoms with Crippen molar-refractivity contribution in [3.05, 3.63) is 34.9 Å². The molecule has 1 fully saturated rings. The molecule has 1 aliphatic rings. The lowest BCUT2D eigenvalue weighted by Gasteiger charge is -2.44. The molecule has 0 saturated heterocycles. The summed E-state index contributed by atoms with van der Waals surface area (Å²) in [7, 11) is 0. The minimum atomic E-state index is 0.284. The van der Waals surface area contributed by atoms with Crippen molar-refractivity contribution in [1.82, 2.24) is 0 Å². The molecule has 0 aromatic heterocycles. The van der Waals surface area contributed by atoms with Crippen LogP contribution in [0.5, 0.6) is 0 Å². The minimum absolute atomic E-state index is 0.284. The van der Waals surface area contributed by atoms with E-state index >= 15 is 0 Å². The summed E-state index contributed by atoms with van der Waals surface area (Å²) in [6, 6.07) is 8.26. The summed E-state index contributed by atoms with van der Waals surface area (Å²) in [4.78, 5) is 0. The molecular weight excluding hydrogens is 266 g/mol. The Morgan fingerprint density at radius 3 is 2.40 bits per heavy atom. The Balaban J connectivity index is 2.05. The summed E-state index contributed by atoms with van der Waals surface area (Å²) in [5.74, 6) is 0.835. The van der Waals surface area contributed by atoms with Crippen LogP contribution in [0.1, 0.15) is 52.0 Å². The van der Waals surface area contributed by atoms with Crippen molar-refractivity contribution in [3.63, 3.8) is 0 Å². The average molecular weight is 294 g/mol. The van der Waals surface area contributed by atoms with Gasteiger partial charge in [-0.2, -0.15) is 0 Å². The minimum Gasteiger partial charge on any atom is -0.330 e. The fourth-order valence-corrected chi connectivity index (χ4v) is 3.84. The van der Waals surface area contributed by atoms with Gasteiger partial charge in [0.15, 0.2) is 0 Å². The van der Waals surface area contributed by atoms with E-state index < -0.39 is 0 Å². The largest absolute Gasteiger partial charge is 0.330 e. The molecule has 0 unspecified atom stereocenters. The third-order valence-corrected chi connectivity index (χ3v) is 5.41. The molecule has 2 N–H and O–H groups in total. The molecule has 112 valence electrons. The van der Waals surface area contributed by atoms with Crippen LogP contribution in [0.25, 0.3) is 0 Å². The van der Waals surface area contributed by atoms with Gasteiger partial charge in [0.2, 0.25) is 0 Å². The molecule has 1 aromatic carbocycles. The van der Waals surface area contributed by atoms with Crippen LogP contribution in [0, 0.1) is 16.7 Å². The van der Waals surface area contributed by atoms with Crippen molar-refractivity contribution in [2.24, 2.45) is 22.5 Å². The van der Waals surface area contributed by atoms with E-state index in [1.54, 1.807) is 0 Å². The highest BCUT2D eigenvalue weighted by atomic mass is 35.5. The van der Waals surface area contributed by atoms with Gasteiger partial charge in [0, 0.05) is 5.02 Å². The lowest BCUT2D eigenvalue weighted by molar-refractivity contribution is 0.0926. The third kappa shape index (κ3) is 3.77. The number of hydrogen-bond donors (Lipinski definition) is 1. The van der Waals surface area contributed by atoms with E-state index in [-0.39, 0.29) is 5.41 Å². The van der Waals surface area contributed by atoms with Gasteiger partial charge < -0.3 is 5.73 Å². The van der Waals surface area contributed by atoms with E-state index in [2.05, 4.69) is 32.9 Å². The zero-order valence-corrected chi connectivity index (χ0v) is 13.8. The first-order chi connectivity index (χ1) is 9.35. The van der Waals surface area contributed by atoms with E-state index in [1.807, 2.05) is 12.1 Å². The van der Waals surface area contributed by atoms with E-state index in [4.69, 9.17) is 17.3 Å². The van der Waals surface area contributed by atoms with Crippen LogP contribution in [0.15, 0.2) is 24.3 Å². The quantitative estimate of drug-likeness (QED) is 0.828. The van der Waals surface area contributed by atoms with E-state index in [9.17, 15) is 0 Å². The molecule has 20 heavy (non-hydrogen) atoms. The normalized spacial score (nSPS) is 27.6. The van der Waals surface area contributed by atoms with Crippen LogP contribution in [0.2, 0.25) is 5.02 Å². The lowest BCUT2D eigenvalue weighted by Crippen LogP contribution is -2.39. The topological polar surface area (TPSA) is 26.0 Å². The maximum atomic E-state index is 6.15. The zero-order valence-electron chi connectivity index (χ0n) is 13.1. The van der Waals surface area contributed by atoms with E-state index in [1.165, 1.54) is 31.2 Å². The fourth-order valence-electron chi connectivity index (χ4n) is 3.63. The molecule has 2 rings (SSSR count). The maximum Gasteiger partial charge on any atom is 0.0408 e. The van der Waals surface area contributed by atoms with Gasteiger partial charge in [-0.3, -0.25) is 0 Å². The molecular formula is C18H28ClN. The van der Waals surface area contributed by atoms with Crippen molar-refractivity contribution >= 4 is 11.6 Å². The van der Waals surface area contributed by atoms with Gasteiger partial charge >= 0.3 is 0 Å². The summed E-state index contributed by atoms with van der Waals surface area (Å²) in [6.07, 6.45) is 6.18. The van der Waals surface area contributed by atoms with Crippen molar-refractivity contribution in [2.75, 3.05) is 6.54 Å². The van der Waals surface area contributed by atoms with Crippen molar-refractivity contribution in [1.29, 1.82) is 0 Å². The Labute approximate surface area is 128 Å². The van der Waals surface area contributed by atoms with Crippen LogP contribution >= 0.6 is 11.6 Å². The number of rotatable bonds is 3. The van der Waals surface area contributed by atoms with Crippen LogP contribution in [-0.2, 0) is 6.42 Å². The Hall–Kier alpha value is -0.530. The molecule has 0 atom stereocenters. The predicted molar refractivity (Wildman–Crippen MR) is 88.1 cm³/mol. The van der Waals surface area contributed by atoms with Crippen LogP contribution in [0.4, 0.5) is 0 Å². The lowest BCUT2D eigenvalue weighted by atomic mass is 9.62. The molecule has 0 amide bonds. The highest BCUT2D eigenvalue weighted by Gasteiger charge is 2.37. The highest BCUT2D eigenvalue weighted by molar-refractivity contribution is 6.30. The summed E-state index contributed by atoms with van der Waals surface area (Å²) in [6.45, 7) is 7.88. The van der Waals surface area contributed by atoms with Crippen LogP contribution in [0.3, 0.4) is 0 Å². The Bertz CT molecular complexity index is 439. The molecule has 1 aliphatic carbocycles. The molecule has 0 radical (unpaired) electrons. The smallest absolute Gasteiger partial charge is 0.0408 e. The molecule has 1 nitrogen and oxygen atoms in total. The molecule has 0 spiro atoms. The fraction of sp³-hybridized carbons (Fsp3) is 0.667. The van der Waals surface area contributed by atoms with E-state index in [0.717, 1.165) is 23.9 Å². The van der Waals surface area contributed by atoms with Gasteiger partial charge in [-0.1, -0.05) is 44.5 Å². The molecule has 1 aromatic rings. The Kier molecular flexibility index (Phi) is 4.81. The second kappa shape index (κ2) is 6.07. The zero-order chi connectivity index (χ0) is 14.8. The molecule has 0 aliphatic heterocycles. The van der Waals surface area contributed by atoms with Gasteiger partial charge in [-0.25, -0.2) is 0 Å².